The quantitative estimate of drug-likeness (QED) is 0.686. The van der Waals surface area contributed by atoms with E-state index in [0.29, 0.717) is 5.56 Å². The molecule has 0 radical (unpaired) electrons. The summed E-state index contributed by atoms with van der Waals surface area (Å²) in [6.07, 6.45) is -4.38. The molecule has 0 heterocycles. The first-order valence-electron chi connectivity index (χ1n) is 5.44. The molecule has 2 aromatic carbocycles. The van der Waals surface area contributed by atoms with Gasteiger partial charge in [0, 0.05) is 5.56 Å². The van der Waals surface area contributed by atoms with Gasteiger partial charge < -0.3 is 0 Å². The molecular weight excluding hydrogens is 275 g/mol. The summed E-state index contributed by atoms with van der Waals surface area (Å²) in [7, 11) is 0. The number of hydrogen-bond acceptors (Lipinski definition) is 1. The topological polar surface area (TPSA) is 12.4 Å². The highest BCUT2D eigenvalue weighted by Gasteiger charge is 2.30. The van der Waals surface area contributed by atoms with Gasteiger partial charge in [0.1, 0.15) is 5.17 Å². The number of alkyl halides is 3. The van der Waals surface area contributed by atoms with Crippen molar-refractivity contribution in [3.8, 4) is 0 Å². The third-order valence-electron chi connectivity index (χ3n) is 2.41. The molecule has 0 aliphatic carbocycles. The summed E-state index contributed by atoms with van der Waals surface area (Å²) in [6, 6.07) is 13.6. The molecule has 0 atom stereocenters. The largest absolute Gasteiger partial charge is 0.416 e. The monoisotopic (exact) mass is 283 g/mol. The zero-order valence-electron chi connectivity index (χ0n) is 9.66. The van der Waals surface area contributed by atoms with Crippen LogP contribution in [0.25, 0.3) is 0 Å². The second-order valence-electron chi connectivity index (χ2n) is 3.82. The van der Waals surface area contributed by atoms with E-state index in [1.807, 2.05) is 6.07 Å². The van der Waals surface area contributed by atoms with Gasteiger partial charge in [0.15, 0.2) is 0 Å². The van der Waals surface area contributed by atoms with Crippen LogP contribution in [0.3, 0.4) is 0 Å². The van der Waals surface area contributed by atoms with E-state index in [1.165, 1.54) is 12.1 Å². The Balaban J connectivity index is 2.33. The zero-order chi connectivity index (χ0) is 13.9. The van der Waals surface area contributed by atoms with Crippen molar-refractivity contribution < 1.29 is 13.2 Å². The normalized spacial score (nSPS) is 12.5. The first-order chi connectivity index (χ1) is 8.97. The van der Waals surface area contributed by atoms with E-state index in [0.717, 1.165) is 12.1 Å². The minimum Gasteiger partial charge on any atom is -0.236 e. The Bertz CT molecular complexity index is 591. The van der Waals surface area contributed by atoms with Gasteiger partial charge in [-0.2, -0.15) is 13.2 Å². The molecule has 1 nitrogen and oxygen atoms in total. The van der Waals surface area contributed by atoms with E-state index >= 15 is 0 Å². The van der Waals surface area contributed by atoms with E-state index in [4.69, 9.17) is 11.6 Å². The number of rotatable bonds is 2. The lowest BCUT2D eigenvalue weighted by Crippen LogP contribution is -2.03. The maximum Gasteiger partial charge on any atom is 0.416 e. The number of hydrogen-bond donors (Lipinski definition) is 0. The molecule has 0 spiro atoms. The Morgan fingerprint density at radius 2 is 1.63 bits per heavy atom. The van der Waals surface area contributed by atoms with Crippen LogP contribution < -0.4 is 0 Å². The number of nitrogens with zero attached hydrogens (tertiary/aromatic N) is 1. The molecular formula is C14H9ClF3N. The summed E-state index contributed by atoms with van der Waals surface area (Å²) in [5.41, 5.74) is 0.0801. The predicted molar refractivity (Wildman–Crippen MR) is 69.9 cm³/mol. The van der Waals surface area contributed by atoms with Crippen molar-refractivity contribution in [1.82, 2.24) is 0 Å². The number of halogens is 4. The second kappa shape index (κ2) is 5.45. The van der Waals surface area contributed by atoms with E-state index in [-0.39, 0.29) is 10.9 Å². The average Bonchev–Trinajstić information content (AvgIpc) is 2.39. The zero-order valence-corrected chi connectivity index (χ0v) is 10.4. The first kappa shape index (κ1) is 13.6. The fourth-order valence-corrected chi connectivity index (χ4v) is 1.73. The van der Waals surface area contributed by atoms with E-state index in [2.05, 4.69) is 4.99 Å². The van der Waals surface area contributed by atoms with Crippen molar-refractivity contribution in [2.45, 2.75) is 6.18 Å². The highest BCUT2D eigenvalue weighted by atomic mass is 35.5. The van der Waals surface area contributed by atoms with Crippen LogP contribution in [0.4, 0.5) is 18.9 Å². The van der Waals surface area contributed by atoms with Gasteiger partial charge in [-0.1, -0.05) is 48.0 Å². The lowest BCUT2D eigenvalue weighted by atomic mass is 10.2. The molecule has 2 rings (SSSR count). The third kappa shape index (κ3) is 3.58. The lowest BCUT2D eigenvalue weighted by molar-refractivity contribution is -0.137. The van der Waals surface area contributed by atoms with Gasteiger partial charge in [0.05, 0.1) is 11.3 Å². The summed E-state index contributed by atoms with van der Waals surface area (Å²) in [5.74, 6) is 0. The Hall–Kier alpha value is -1.81. The maximum atomic E-state index is 12.5. The molecule has 0 unspecified atom stereocenters. The maximum absolute atomic E-state index is 12.5. The van der Waals surface area contributed by atoms with Crippen molar-refractivity contribution in [1.29, 1.82) is 0 Å². The van der Waals surface area contributed by atoms with Gasteiger partial charge in [0.25, 0.3) is 0 Å². The molecule has 0 saturated carbocycles. The summed E-state index contributed by atoms with van der Waals surface area (Å²) >= 11 is 5.98. The molecule has 0 saturated heterocycles. The summed E-state index contributed by atoms with van der Waals surface area (Å²) in [5, 5.41) is 0.153. The highest BCUT2D eigenvalue weighted by Crippen LogP contribution is 2.31. The SMILES string of the molecule is FC(F)(F)c1cccc(N=C(Cl)c2ccccc2)c1. The molecule has 0 amide bonds. The van der Waals surface area contributed by atoms with Crippen LogP contribution >= 0.6 is 11.6 Å². The summed E-state index contributed by atoms with van der Waals surface area (Å²) in [6.45, 7) is 0. The Labute approximate surface area is 113 Å². The molecule has 19 heavy (non-hydrogen) atoms. The first-order valence-corrected chi connectivity index (χ1v) is 5.81. The lowest BCUT2D eigenvalue weighted by Gasteiger charge is -2.06. The van der Waals surface area contributed by atoms with Crippen LogP contribution in [0.5, 0.6) is 0 Å². The van der Waals surface area contributed by atoms with Crippen molar-refractivity contribution in [2.75, 3.05) is 0 Å². The Kier molecular flexibility index (Phi) is 3.90. The van der Waals surface area contributed by atoms with Crippen LogP contribution in [0.1, 0.15) is 11.1 Å². The van der Waals surface area contributed by atoms with E-state index in [9.17, 15) is 13.2 Å². The van der Waals surface area contributed by atoms with Crippen molar-refractivity contribution >= 4 is 22.5 Å². The highest BCUT2D eigenvalue weighted by molar-refractivity contribution is 6.69. The smallest absolute Gasteiger partial charge is 0.236 e. The molecule has 0 fully saturated rings. The Morgan fingerprint density at radius 1 is 0.947 bits per heavy atom. The molecule has 0 bridgehead atoms. The van der Waals surface area contributed by atoms with Gasteiger partial charge in [0.2, 0.25) is 0 Å². The van der Waals surface area contributed by atoms with E-state index in [1.54, 1.807) is 24.3 Å². The average molecular weight is 284 g/mol. The van der Waals surface area contributed by atoms with Crippen molar-refractivity contribution in [2.24, 2.45) is 4.99 Å². The number of aliphatic imine (C=N–C) groups is 1. The van der Waals surface area contributed by atoms with Gasteiger partial charge in [-0.15, -0.1) is 0 Å². The fourth-order valence-electron chi connectivity index (χ4n) is 1.51. The fraction of sp³-hybridized carbons (Fsp3) is 0.0714. The van der Waals surface area contributed by atoms with Gasteiger partial charge in [-0.3, -0.25) is 0 Å². The van der Waals surface area contributed by atoms with Crippen LogP contribution in [-0.2, 0) is 6.18 Å². The molecule has 0 aliphatic rings. The molecule has 0 aliphatic heterocycles. The predicted octanol–water partition coefficient (Wildman–Crippen LogP) is 5.02. The number of benzene rings is 2. The van der Waals surface area contributed by atoms with Gasteiger partial charge >= 0.3 is 6.18 Å². The minimum atomic E-state index is -4.38. The van der Waals surface area contributed by atoms with Crippen LogP contribution in [0.2, 0.25) is 0 Å². The molecule has 0 N–H and O–H groups in total. The molecule has 2 aromatic rings. The van der Waals surface area contributed by atoms with Crippen LogP contribution in [-0.4, -0.2) is 5.17 Å². The van der Waals surface area contributed by atoms with Crippen molar-refractivity contribution in [3.05, 3.63) is 65.7 Å². The van der Waals surface area contributed by atoms with Crippen molar-refractivity contribution in [3.63, 3.8) is 0 Å². The minimum absolute atomic E-state index is 0.153. The molecule has 0 aromatic heterocycles. The molecule has 98 valence electrons. The summed E-state index contributed by atoms with van der Waals surface area (Å²) < 4.78 is 37.6. The third-order valence-corrected chi connectivity index (χ3v) is 2.72. The standard InChI is InChI=1S/C14H9ClF3N/c15-13(10-5-2-1-3-6-10)19-12-8-4-7-11(9-12)14(16,17)18/h1-9H. The van der Waals surface area contributed by atoms with Gasteiger partial charge in [-0.25, -0.2) is 4.99 Å². The van der Waals surface area contributed by atoms with Crippen LogP contribution in [0, 0.1) is 0 Å². The van der Waals surface area contributed by atoms with E-state index < -0.39 is 11.7 Å². The molecule has 5 heteroatoms. The van der Waals surface area contributed by atoms with Crippen LogP contribution in [0.15, 0.2) is 59.6 Å². The van der Waals surface area contributed by atoms with Gasteiger partial charge in [-0.05, 0) is 18.2 Å². The second-order valence-corrected chi connectivity index (χ2v) is 4.17. The Morgan fingerprint density at radius 3 is 2.26 bits per heavy atom. The summed E-state index contributed by atoms with van der Waals surface area (Å²) in [4.78, 5) is 3.99.